The molecule has 112 valence electrons. The number of rotatable bonds is 4. The summed E-state index contributed by atoms with van der Waals surface area (Å²) in [6, 6.07) is 14.5. The van der Waals surface area contributed by atoms with Crippen LogP contribution in [0.25, 0.3) is 24.3 Å². The van der Waals surface area contributed by atoms with E-state index in [1.165, 1.54) is 16.7 Å². The largest absolute Gasteiger partial charge is 0.265 e. The summed E-state index contributed by atoms with van der Waals surface area (Å²) < 4.78 is 0. The molecular formula is C21H18N2. The van der Waals surface area contributed by atoms with Crippen molar-refractivity contribution in [1.82, 2.24) is 9.97 Å². The zero-order valence-electron chi connectivity index (χ0n) is 13.1. The van der Waals surface area contributed by atoms with Crippen molar-refractivity contribution in [2.24, 2.45) is 0 Å². The predicted molar refractivity (Wildman–Crippen MR) is 97.5 cm³/mol. The molecule has 0 amide bonds. The summed E-state index contributed by atoms with van der Waals surface area (Å²) in [7, 11) is 0. The Morgan fingerprint density at radius 3 is 1.70 bits per heavy atom. The second-order valence-electron chi connectivity index (χ2n) is 5.34. The normalized spacial score (nSPS) is 11.3. The maximum Gasteiger partial charge on any atom is 0.0273 e. The SMILES string of the molecule is Cc1cc(/C=C/c2ccncc2)ccc1/C=C/c1ccncc1. The highest BCUT2D eigenvalue weighted by Crippen LogP contribution is 2.16. The summed E-state index contributed by atoms with van der Waals surface area (Å²) in [4.78, 5) is 8.06. The van der Waals surface area contributed by atoms with Gasteiger partial charge in [0.2, 0.25) is 0 Å². The molecule has 0 saturated heterocycles. The van der Waals surface area contributed by atoms with E-state index in [0.717, 1.165) is 11.1 Å². The van der Waals surface area contributed by atoms with E-state index < -0.39 is 0 Å². The summed E-state index contributed by atoms with van der Waals surface area (Å²) in [5.41, 5.74) is 5.98. The predicted octanol–water partition coefficient (Wildman–Crippen LogP) is 5.13. The standard InChI is InChI=1S/C21H18N2/c1-17-16-20(3-2-18-8-12-22-13-9-18)5-7-21(17)6-4-19-10-14-23-15-11-19/h2-16H,1H3/b3-2+,6-4+. The van der Waals surface area contributed by atoms with Crippen LogP contribution in [0.15, 0.2) is 67.3 Å². The Labute approximate surface area is 136 Å². The third-order valence-electron chi connectivity index (χ3n) is 3.63. The second kappa shape index (κ2) is 7.32. The van der Waals surface area contributed by atoms with Gasteiger partial charge >= 0.3 is 0 Å². The van der Waals surface area contributed by atoms with E-state index in [0.29, 0.717) is 0 Å². The summed E-state index contributed by atoms with van der Waals surface area (Å²) in [6.07, 6.45) is 15.7. The number of hydrogen-bond donors (Lipinski definition) is 0. The topological polar surface area (TPSA) is 25.8 Å². The van der Waals surface area contributed by atoms with Crippen molar-refractivity contribution in [2.45, 2.75) is 6.92 Å². The van der Waals surface area contributed by atoms with Gasteiger partial charge in [-0.15, -0.1) is 0 Å². The summed E-state index contributed by atoms with van der Waals surface area (Å²) in [6.45, 7) is 2.13. The van der Waals surface area contributed by atoms with Crippen LogP contribution in [0.5, 0.6) is 0 Å². The van der Waals surface area contributed by atoms with Crippen LogP contribution in [-0.2, 0) is 0 Å². The lowest BCUT2D eigenvalue weighted by Gasteiger charge is -2.02. The fourth-order valence-corrected chi connectivity index (χ4v) is 2.32. The average Bonchev–Trinajstić information content (AvgIpc) is 2.61. The van der Waals surface area contributed by atoms with Crippen LogP contribution in [0.1, 0.15) is 27.8 Å². The van der Waals surface area contributed by atoms with Gasteiger partial charge in [0.25, 0.3) is 0 Å². The molecule has 23 heavy (non-hydrogen) atoms. The molecule has 0 bridgehead atoms. The number of hydrogen-bond acceptors (Lipinski definition) is 2. The maximum absolute atomic E-state index is 4.03. The molecule has 0 saturated carbocycles. The molecule has 0 aliphatic carbocycles. The quantitative estimate of drug-likeness (QED) is 0.667. The smallest absolute Gasteiger partial charge is 0.0273 e. The molecule has 2 aromatic heterocycles. The fraction of sp³-hybridized carbons (Fsp3) is 0.0476. The molecule has 0 spiro atoms. The van der Waals surface area contributed by atoms with Crippen molar-refractivity contribution in [3.05, 3.63) is 95.1 Å². The molecule has 0 fully saturated rings. The molecule has 2 nitrogen and oxygen atoms in total. The van der Waals surface area contributed by atoms with E-state index in [1.807, 2.05) is 24.3 Å². The number of pyridine rings is 2. The Morgan fingerprint density at radius 2 is 1.13 bits per heavy atom. The van der Waals surface area contributed by atoms with Gasteiger partial charge in [-0.2, -0.15) is 0 Å². The Bertz CT molecular complexity index is 819. The van der Waals surface area contributed by atoms with Gasteiger partial charge in [-0.25, -0.2) is 0 Å². The molecule has 3 aromatic rings. The van der Waals surface area contributed by atoms with Crippen molar-refractivity contribution in [1.29, 1.82) is 0 Å². The molecule has 0 atom stereocenters. The molecule has 0 aliphatic rings. The van der Waals surface area contributed by atoms with E-state index in [4.69, 9.17) is 0 Å². The highest BCUT2D eigenvalue weighted by Gasteiger charge is 1.96. The molecule has 0 unspecified atom stereocenters. The van der Waals surface area contributed by atoms with Crippen LogP contribution < -0.4 is 0 Å². The summed E-state index contributed by atoms with van der Waals surface area (Å²) >= 11 is 0. The third-order valence-corrected chi connectivity index (χ3v) is 3.63. The highest BCUT2D eigenvalue weighted by molar-refractivity contribution is 5.74. The molecular weight excluding hydrogens is 280 g/mol. The minimum Gasteiger partial charge on any atom is -0.265 e. The van der Waals surface area contributed by atoms with Crippen molar-refractivity contribution in [3.63, 3.8) is 0 Å². The molecule has 2 heterocycles. The first-order valence-corrected chi connectivity index (χ1v) is 7.58. The molecule has 2 heteroatoms. The third kappa shape index (κ3) is 4.24. The van der Waals surface area contributed by atoms with Gasteiger partial charge in [0.15, 0.2) is 0 Å². The van der Waals surface area contributed by atoms with E-state index >= 15 is 0 Å². The fourth-order valence-electron chi connectivity index (χ4n) is 2.32. The molecule has 1 aromatic carbocycles. The maximum atomic E-state index is 4.03. The van der Waals surface area contributed by atoms with Gasteiger partial charge in [0.05, 0.1) is 0 Å². The van der Waals surface area contributed by atoms with Gasteiger partial charge in [-0.05, 0) is 59.0 Å². The molecule has 0 aliphatic heterocycles. The van der Waals surface area contributed by atoms with E-state index in [1.54, 1.807) is 24.8 Å². The summed E-state index contributed by atoms with van der Waals surface area (Å²) in [5.74, 6) is 0. The lowest BCUT2D eigenvalue weighted by Crippen LogP contribution is -1.83. The minimum atomic E-state index is 1.15. The van der Waals surface area contributed by atoms with Gasteiger partial charge < -0.3 is 0 Å². The highest BCUT2D eigenvalue weighted by atomic mass is 14.6. The van der Waals surface area contributed by atoms with E-state index in [-0.39, 0.29) is 0 Å². The zero-order chi connectivity index (χ0) is 15.9. The zero-order valence-corrected chi connectivity index (χ0v) is 13.1. The Balaban J connectivity index is 1.76. The summed E-state index contributed by atoms with van der Waals surface area (Å²) in [5, 5.41) is 0. The Kier molecular flexibility index (Phi) is 4.75. The molecule has 3 rings (SSSR count). The van der Waals surface area contributed by atoms with Gasteiger partial charge in [-0.3, -0.25) is 9.97 Å². The second-order valence-corrected chi connectivity index (χ2v) is 5.34. The Morgan fingerprint density at radius 1 is 0.609 bits per heavy atom. The monoisotopic (exact) mass is 298 g/mol. The average molecular weight is 298 g/mol. The van der Waals surface area contributed by atoms with E-state index in [9.17, 15) is 0 Å². The van der Waals surface area contributed by atoms with Crippen LogP contribution in [0.3, 0.4) is 0 Å². The minimum absolute atomic E-state index is 1.15. The first kappa shape index (κ1) is 14.9. The lowest BCUT2D eigenvalue weighted by atomic mass is 10.0. The molecule has 0 radical (unpaired) electrons. The number of nitrogens with zero attached hydrogens (tertiary/aromatic N) is 2. The van der Waals surface area contributed by atoms with Crippen molar-refractivity contribution in [3.8, 4) is 0 Å². The number of aryl methyl sites for hydroxylation is 1. The van der Waals surface area contributed by atoms with Crippen LogP contribution in [0.2, 0.25) is 0 Å². The van der Waals surface area contributed by atoms with Crippen LogP contribution in [-0.4, -0.2) is 9.97 Å². The van der Waals surface area contributed by atoms with Gasteiger partial charge in [-0.1, -0.05) is 42.5 Å². The van der Waals surface area contributed by atoms with Crippen molar-refractivity contribution in [2.75, 3.05) is 0 Å². The number of benzene rings is 1. The van der Waals surface area contributed by atoms with E-state index in [2.05, 4.69) is 59.4 Å². The first-order valence-electron chi connectivity index (χ1n) is 7.58. The van der Waals surface area contributed by atoms with Gasteiger partial charge in [0, 0.05) is 24.8 Å². The molecule has 0 N–H and O–H groups in total. The van der Waals surface area contributed by atoms with Gasteiger partial charge in [0.1, 0.15) is 0 Å². The van der Waals surface area contributed by atoms with Crippen LogP contribution in [0.4, 0.5) is 0 Å². The first-order chi connectivity index (χ1) is 11.3. The lowest BCUT2D eigenvalue weighted by molar-refractivity contribution is 1.32. The Hall–Kier alpha value is -3.00. The van der Waals surface area contributed by atoms with Crippen LogP contribution >= 0.6 is 0 Å². The van der Waals surface area contributed by atoms with Crippen molar-refractivity contribution < 1.29 is 0 Å². The number of aromatic nitrogens is 2. The van der Waals surface area contributed by atoms with Crippen molar-refractivity contribution >= 4 is 24.3 Å². The van der Waals surface area contributed by atoms with Crippen LogP contribution in [0, 0.1) is 6.92 Å².